The Balaban J connectivity index is 2.44. The number of hydrogen-bond donors (Lipinski definition) is 0. The Bertz CT molecular complexity index is 588. The van der Waals surface area contributed by atoms with Gasteiger partial charge in [0.1, 0.15) is 24.0 Å². The fraction of sp³-hybridized carbons (Fsp3) is 0.0667. The highest BCUT2D eigenvalue weighted by atomic mass is 35.5. The summed E-state index contributed by atoms with van der Waals surface area (Å²) in [5, 5.41) is 0.388. The summed E-state index contributed by atoms with van der Waals surface area (Å²) < 4.78 is 33.0. The van der Waals surface area contributed by atoms with E-state index in [0.717, 1.165) is 12.1 Å². The normalized spacial score (nSPS) is 10.3. The Morgan fingerprint density at radius 2 is 1.95 bits per heavy atom. The molecule has 0 aliphatic carbocycles. The van der Waals surface area contributed by atoms with E-state index < -0.39 is 11.6 Å². The Morgan fingerprint density at radius 1 is 1.26 bits per heavy atom. The maximum atomic E-state index is 13.9. The average Bonchev–Trinajstić information content (AvgIpc) is 2.35. The van der Waals surface area contributed by atoms with Gasteiger partial charge in [-0.3, -0.25) is 0 Å². The van der Waals surface area contributed by atoms with Crippen molar-refractivity contribution >= 4 is 11.6 Å². The molecule has 0 spiro atoms. The molecular formula is C15H10ClF2O. The van der Waals surface area contributed by atoms with Gasteiger partial charge in [-0.2, -0.15) is 0 Å². The van der Waals surface area contributed by atoms with Gasteiger partial charge in [-0.15, -0.1) is 0 Å². The van der Waals surface area contributed by atoms with E-state index in [0.29, 0.717) is 5.02 Å². The maximum Gasteiger partial charge on any atom is 0.137 e. The van der Waals surface area contributed by atoms with Crippen molar-refractivity contribution in [1.82, 2.24) is 0 Å². The lowest BCUT2D eigenvalue weighted by Gasteiger charge is -2.09. The highest BCUT2D eigenvalue weighted by Crippen LogP contribution is 2.30. The number of halogens is 3. The summed E-state index contributed by atoms with van der Waals surface area (Å²) in [5.41, 5.74) is 0.0891. The lowest BCUT2D eigenvalue weighted by Crippen LogP contribution is -1.97. The minimum absolute atomic E-state index is 0.112. The van der Waals surface area contributed by atoms with Crippen molar-refractivity contribution in [3.05, 3.63) is 65.7 Å². The van der Waals surface area contributed by atoms with E-state index in [4.69, 9.17) is 16.3 Å². The van der Waals surface area contributed by atoms with Crippen LogP contribution in [0.4, 0.5) is 8.78 Å². The van der Waals surface area contributed by atoms with Gasteiger partial charge < -0.3 is 4.74 Å². The van der Waals surface area contributed by atoms with Crippen molar-refractivity contribution < 1.29 is 13.5 Å². The first-order valence-corrected chi connectivity index (χ1v) is 5.90. The summed E-state index contributed by atoms with van der Waals surface area (Å²) in [6.07, 6.45) is 1.49. The first-order valence-electron chi connectivity index (χ1n) is 5.52. The van der Waals surface area contributed by atoms with Crippen LogP contribution in [-0.2, 0) is 0 Å². The summed E-state index contributed by atoms with van der Waals surface area (Å²) in [7, 11) is 0. The molecule has 0 aliphatic heterocycles. The predicted octanol–water partition coefficient (Wildman–Crippen LogP) is 4.65. The van der Waals surface area contributed by atoms with Gasteiger partial charge in [-0.25, -0.2) is 8.78 Å². The number of rotatable bonds is 4. The lowest BCUT2D eigenvalue weighted by atomic mass is 10.0. The first kappa shape index (κ1) is 13.6. The second kappa shape index (κ2) is 5.85. The van der Waals surface area contributed by atoms with Crippen molar-refractivity contribution in [3.63, 3.8) is 0 Å². The molecule has 1 nitrogen and oxygen atoms in total. The molecule has 0 fully saturated rings. The molecule has 0 atom stereocenters. The molecule has 2 aromatic carbocycles. The highest BCUT2D eigenvalue weighted by molar-refractivity contribution is 6.30. The monoisotopic (exact) mass is 279 g/mol. The molecule has 4 heteroatoms. The van der Waals surface area contributed by atoms with Crippen LogP contribution in [0.3, 0.4) is 0 Å². The van der Waals surface area contributed by atoms with Crippen molar-refractivity contribution in [2.45, 2.75) is 0 Å². The van der Waals surface area contributed by atoms with Gasteiger partial charge in [0, 0.05) is 17.2 Å². The first-order chi connectivity index (χ1) is 9.11. The van der Waals surface area contributed by atoms with E-state index in [-0.39, 0.29) is 23.5 Å². The van der Waals surface area contributed by atoms with E-state index in [1.807, 2.05) is 0 Å². The van der Waals surface area contributed by atoms with Gasteiger partial charge in [-0.1, -0.05) is 30.3 Å². The average molecular weight is 280 g/mol. The third kappa shape index (κ3) is 3.12. The van der Waals surface area contributed by atoms with Crippen molar-refractivity contribution in [3.8, 4) is 16.9 Å². The molecule has 1 radical (unpaired) electrons. The second-order valence-electron chi connectivity index (χ2n) is 3.78. The van der Waals surface area contributed by atoms with Crippen LogP contribution in [0.25, 0.3) is 11.1 Å². The van der Waals surface area contributed by atoms with Crippen LogP contribution in [0, 0.1) is 17.7 Å². The van der Waals surface area contributed by atoms with Gasteiger partial charge >= 0.3 is 0 Å². The van der Waals surface area contributed by atoms with Gasteiger partial charge in [0.05, 0.1) is 5.56 Å². The van der Waals surface area contributed by atoms with Crippen LogP contribution in [0.2, 0.25) is 5.02 Å². The number of hydrogen-bond acceptors (Lipinski definition) is 1. The van der Waals surface area contributed by atoms with Gasteiger partial charge in [0.15, 0.2) is 0 Å². The molecule has 0 N–H and O–H groups in total. The van der Waals surface area contributed by atoms with E-state index in [1.165, 1.54) is 18.2 Å². The van der Waals surface area contributed by atoms with Crippen molar-refractivity contribution in [2.75, 3.05) is 6.61 Å². The third-order valence-electron chi connectivity index (χ3n) is 2.42. The molecule has 0 saturated carbocycles. The molecule has 0 heterocycles. The molecule has 0 aliphatic rings. The maximum absolute atomic E-state index is 13.9. The molecular weight excluding hydrogens is 270 g/mol. The van der Waals surface area contributed by atoms with Crippen LogP contribution in [-0.4, -0.2) is 6.61 Å². The molecule has 0 amide bonds. The van der Waals surface area contributed by atoms with E-state index >= 15 is 0 Å². The summed E-state index contributed by atoms with van der Waals surface area (Å²) in [5.74, 6) is -1.34. The molecule has 2 rings (SSSR count). The van der Waals surface area contributed by atoms with Crippen LogP contribution >= 0.6 is 11.6 Å². The van der Waals surface area contributed by atoms with E-state index in [1.54, 1.807) is 6.07 Å². The molecule has 2 aromatic rings. The largest absolute Gasteiger partial charge is 0.489 e. The molecule has 0 unspecified atom stereocenters. The summed E-state index contributed by atoms with van der Waals surface area (Å²) >= 11 is 5.80. The Morgan fingerprint density at radius 3 is 2.53 bits per heavy atom. The zero-order chi connectivity index (χ0) is 13.8. The quantitative estimate of drug-likeness (QED) is 0.740. The summed E-state index contributed by atoms with van der Waals surface area (Å²) in [4.78, 5) is 0. The van der Waals surface area contributed by atoms with E-state index in [2.05, 4.69) is 12.6 Å². The Labute approximate surface area is 115 Å². The molecule has 0 aromatic heterocycles. The number of benzene rings is 2. The molecule has 0 bridgehead atoms. The minimum Gasteiger partial charge on any atom is -0.489 e. The fourth-order valence-corrected chi connectivity index (χ4v) is 1.80. The minimum atomic E-state index is -0.724. The number of ether oxygens (including phenoxy) is 1. The summed E-state index contributed by atoms with van der Waals surface area (Å²) in [6.45, 7) is 3.65. The molecule has 97 valence electrons. The molecule has 0 saturated heterocycles. The van der Waals surface area contributed by atoms with Crippen LogP contribution in [0.5, 0.6) is 5.75 Å². The second-order valence-corrected chi connectivity index (χ2v) is 4.22. The van der Waals surface area contributed by atoms with Gasteiger partial charge in [0.25, 0.3) is 0 Å². The van der Waals surface area contributed by atoms with Crippen molar-refractivity contribution in [1.29, 1.82) is 0 Å². The van der Waals surface area contributed by atoms with Crippen molar-refractivity contribution in [2.24, 2.45) is 0 Å². The van der Waals surface area contributed by atoms with Crippen LogP contribution in [0.1, 0.15) is 0 Å². The summed E-state index contributed by atoms with van der Waals surface area (Å²) in [6, 6.07) is 9.54. The fourth-order valence-electron chi connectivity index (χ4n) is 1.63. The smallest absolute Gasteiger partial charge is 0.137 e. The standard InChI is InChI=1S/C15H10ClF2O/c1-2-6-19-12-8-13(17)15(14(18)9-12)10-4-3-5-11(16)7-10/h2-3,5,7-9H,1,6H2. The van der Waals surface area contributed by atoms with Crippen LogP contribution in [0.15, 0.2) is 43.0 Å². The Hall–Kier alpha value is -1.87. The Kier molecular flexibility index (Phi) is 4.17. The van der Waals surface area contributed by atoms with Gasteiger partial charge in [0.2, 0.25) is 0 Å². The molecule has 19 heavy (non-hydrogen) atoms. The highest BCUT2D eigenvalue weighted by Gasteiger charge is 2.14. The third-order valence-corrected chi connectivity index (χ3v) is 2.65. The van der Waals surface area contributed by atoms with E-state index in [9.17, 15) is 8.78 Å². The predicted molar refractivity (Wildman–Crippen MR) is 71.3 cm³/mol. The lowest BCUT2D eigenvalue weighted by molar-refractivity contribution is 0.358. The topological polar surface area (TPSA) is 9.23 Å². The zero-order valence-corrected chi connectivity index (χ0v) is 10.7. The zero-order valence-electron chi connectivity index (χ0n) is 9.92. The van der Waals surface area contributed by atoms with Crippen LogP contribution < -0.4 is 4.74 Å². The van der Waals surface area contributed by atoms with Gasteiger partial charge in [-0.05, 0) is 23.8 Å². The SMILES string of the molecule is C=CCOc1cc(F)c(-c2[c]ccc(Cl)c2)c(F)c1.